The number of imide groups is 1. The van der Waals surface area contributed by atoms with Gasteiger partial charge in [-0.2, -0.15) is 0 Å². The minimum Gasteiger partial charge on any atom is -0.268 e. The van der Waals surface area contributed by atoms with Gasteiger partial charge in [-0.1, -0.05) is 60.7 Å². The summed E-state index contributed by atoms with van der Waals surface area (Å²) in [6.07, 6.45) is 0. The highest BCUT2D eigenvalue weighted by Crippen LogP contribution is 2.40. The number of nitrogens with zero attached hydrogens (tertiary/aromatic N) is 1. The maximum Gasteiger partial charge on any atom is 0.272 e. The van der Waals surface area contributed by atoms with Crippen molar-refractivity contribution < 1.29 is 14.0 Å². The monoisotopic (exact) mass is 403 g/mol. The van der Waals surface area contributed by atoms with Gasteiger partial charge in [0.25, 0.3) is 11.8 Å². The largest absolute Gasteiger partial charge is 0.272 e. The van der Waals surface area contributed by atoms with Crippen molar-refractivity contribution in [2.24, 2.45) is 0 Å². The Kier molecular flexibility index (Phi) is 5.32. The van der Waals surface area contributed by atoms with Gasteiger partial charge >= 0.3 is 0 Å². The third-order valence-corrected chi connectivity index (χ3v) is 5.90. The van der Waals surface area contributed by atoms with E-state index in [1.165, 1.54) is 28.8 Å². The van der Waals surface area contributed by atoms with E-state index in [0.717, 1.165) is 11.1 Å². The average molecular weight is 403 g/mol. The summed E-state index contributed by atoms with van der Waals surface area (Å²) >= 11 is 1.33. The second kappa shape index (κ2) is 8.05. The van der Waals surface area contributed by atoms with Crippen LogP contribution >= 0.6 is 11.8 Å². The molecule has 0 bridgehead atoms. The molecule has 1 heterocycles. The highest BCUT2D eigenvalue weighted by atomic mass is 32.2. The molecule has 0 saturated carbocycles. The summed E-state index contributed by atoms with van der Waals surface area (Å²) < 4.78 is 13.4. The van der Waals surface area contributed by atoms with Gasteiger partial charge in [-0.25, -0.2) is 9.29 Å². The molecule has 5 heteroatoms. The minimum absolute atomic E-state index is 0.319. The first kappa shape index (κ1) is 19.2. The maximum atomic E-state index is 13.4. The Morgan fingerprint density at radius 1 is 0.828 bits per heavy atom. The van der Waals surface area contributed by atoms with E-state index >= 15 is 0 Å². The van der Waals surface area contributed by atoms with Gasteiger partial charge in [0.15, 0.2) is 0 Å². The van der Waals surface area contributed by atoms with Crippen LogP contribution in [0.1, 0.15) is 16.7 Å². The van der Waals surface area contributed by atoms with Crippen LogP contribution in [0.15, 0.2) is 83.8 Å². The van der Waals surface area contributed by atoms with Gasteiger partial charge in [0.2, 0.25) is 0 Å². The number of hydrogen-bond donors (Lipinski definition) is 0. The summed E-state index contributed by atoms with van der Waals surface area (Å²) in [5.41, 5.74) is 3.31. The summed E-state index contributed by atoms with van der Waals surface area (Å²) in [4.78, 5) is 28.2. The third-order valence-electron chi connectivity index (χ3n) is 4.76. The molecule has 0 spiro atoms. The summed E-state index contributed by atoms with van der Waals surface area (Å²) in [5.74, 6) is -0.557. The molecule has 0 N–H and O–H groups in total. The molecule has 0 unspecified atom stereocenters. The van der Waals surface area contributed by atoms with Crippen LogP contribution in [0.3, 0.4) is 0 Å². The summed E-state index contributed by atoms with van der Waals surface area (Å²) in [6.45, 7) is 1.86. The van der Waals surface area contributed by atoms with Gasteiger partial charge in [0.05, 0.1) is 16.2 Å². The van der Waals surface area contributed by atoms with Crippen LogP contribution in [0.25, 0.3) is 5.57 Å². The van der Waals surface area contributed by atoms with E-state index in [0.29, 0.717) is 27.5 Å². The molecule has 1 aliphatic rings. The summed E-state index contributed by atoms with van der Waals surface area (Å²) in [5, 5.41) is 0. The first-order valence-corrected chi connectivity index (χ1v) is 10.2. The van der Waals surface area contributed by atoms with Crippen molar-refractivity contribution in [3.05, 3.63) is 106 Å². The Morgan fingerprint density at radius 3 is 2.17 bits per heavy atom. The molecule has 1 aliphatic heterocycles. The minimum atomic E-state index is -0.389. The average Bonchev–Trinajstić information content (AvgIpc) is 2.98. The van der Waals surface area contributed by atoms with Gasteiger partial charge in [0, 0.05) is 5.75 Å². The van der Waals surface area contributed by atoms with Gasteiger partial charge in [-0.3, -0.25) is 9.59 Å². The highest BCUT2D eigenvalue weighted by Gasteiger charge is 2.40. The topological polar surface area (TPSA) is 37.4 Å². The number of aryl methyl sites for hydroxylation is 1. The van der Waals surface area contributed by atoms with Crippen molar-refractivity contribution in [1.29, 1.82) is 0 Å². The zero-order chi connectivity index (χ0) is 20.4. The Balaban J connectivity index is 1.76. The van der Waals surface area contributed by atoms with Crippen LogP contribution in [-0.4, -0.2) is 11.8 Å². The van der Waals surface area contributed by atoms with E-state index in [1.54, 1.807) is 24.3 Å². The number of halogens is 1. The van der Waals surface area contributed by atoms with E-state index in [9.17, 15) is 14.0 Å². The van der Waals surface area contributed by atoms with Crippen LogP contribution in [0, 0.1) is 12.7 Å². The van der Waals surface area contributed by atoms with Crippen molar-refractivity contribution in [2.45, 2.75) is 12.7 Å². The predicted molar refractivity (Wildman–Crippen MR) is 115 cm³/mol. The number of carbonyl (C=O) groups is 2. The molecule has 2 amide bonds. The first-order valence-electron chi connectivity index (χ1n) is 9.17. The lowest BCUT2D eigenvalue weighted by Gasteiger charge is -2.17. The fourth-order valence-electron chi connectivity index (χ4n) is 3.28. The number of anilines is 1. The molecule has 29 heavy (non-hydrogen) atoms. The number of thioether (sulfide) groups is 1. The molecule has 0 aliphatic carbocycles. The maximum absolute atomic E-state index is 13.4. The Labute approximate surface area is 172 Å². The molecule has 0 aromatic heterocycles. The van der Waals surface area contributed by atoms with Crippen LogP contribution in [0.5, 0.6) is 0 Å². The second-order valence-electron chi connectivity index (χ2n) is 6.72. The van der Waals surface area contributed by atoms with Gasteiger partial charge < -0.3 is 0 Å². The van der Waals surface area contributed by atoms with Crippen molar-refractivity contribution in [2.75, 3.05) is 4.90 Å². The van der Waals surface area contributed by atoms with E-state index in [4.69, 9.17) is 0 Å². The first-order chi connectivity index (χ1) is 14.1. The summed E-state index contributed by atoms with van der Waals surface area (Å²) in [6, 6.07) is 22.7. The molecule has 0 saturated heterocycles. The molecule has 144 valence electrons. The van der Waals surface area contributed by atoms with Crippen molar-refractivity contribution in [1.82, 2.24) is 0 Å². The molecule has 0 atom stereocenters. The van der Waals surface area contributed by atoms with E-state index < -0.39 is 0 Å². The van der Waals surface area contributed by atoms with E-state index in [-0.39, 0.29) is 17.6 Å². The quantitative estimate of drug-likeness (QED) is 0.539. The second-order valence-corrected chi connectivity index (χ2v) is 7.70. The van der Waals surface area contributed by atoms with Gasteiger partial charge in [-0.15, -0.1) is 11.8 Å². The molecule has 3 aromatic carbocycles. The molecule has 4 rings (SSSR count). The van der Waals surface area contributed by atoms with Crippen molar-refractivity contribution >= 4 is 34.8 Å². The number of benzene rings is 3. The number of carbonyl (C=O) groups excluding carboxylic acids is 2. The number of amides is 2. The molecule has 3 nitrogen and oxygen atoms in total. The third kappa shape index (κ3) is 3.74. The Hall–Kier alpha value is -3.18. The molecular formula is C24H18FNO2S. The van der Waals surface area contributed by atoms with Crippen LogP contribution in [0.4, 0.5) is 10.1 Å². The zero-order valence-corrected chi connectivity index (χ0v) is 16.6. The van der Waals surface area contributed by atoms with Crippen molar-refractivity contribution in [3.63, 3.8) is 0 Å². The highest BCUT2D eigenvalue weighted by molar-refractivity contribution is 8.03. The fraction of sp³-hybridized carbons (Fsp3) is 0.0833. The number of rotatable bonds is 5. The molecule has 0 fully saturated rings. The standard InChI is InChI=1S/C24H18FNO2S/c1-16-7-5-6-10-20(16)26-23(27)21(18-11-13-19(25)14-12-18)22(24(26)28)29-15-17-8-3-2-4-9-17/h2-14H,15H2,1H3. The van der Waals surface area contributed by atoms with Crippen molar-refractivity contribution in [3.8, 4) is 0 Å². The number of hydrogen-bond acceptors (Lipinski definition) is 3. The Bertz CT molecular complexity index is 1110. The smallest absolute Gasteiger partial charge is 0.268 e. The zero-order valence-electron chi connectivity index (χ0n) is 15.8. The lowest BCUT2D eigenvalue weighted by Crippen LogP contribution is -2.31. The normalized spacial score (nSPS) is 14.1. The van der Waals surface area contributed by atoms with Gasteiger partial charge in [-0.05, 0) is 41.8 Å². The SMILES string of the molecule is Cc1ccccc1N1C(=O)C(SCc2ccccc2)=C(c2ccc(F)cc2)C1=O. The van der Waals surface area contributed by atoms with Crippen LogP contribution in [-0.2, 0) is 15.3 Å². The van der Waals surface area contributed by atoms with E-state index in [2.05, 4.69) is 0 Å². The lowest BCUT2D eigenvalue weighted by atomic mass is 10.1. The fourth-order valence-corrected chi connectivity index (χ4v) is 4.35. The predicted octanol–water partition coefficient (Wildman–Crippen LogP) is 5.35. The molecule has 3 aromatic rings. The molecular weight excluding hydrogens is 385 g/mol. The van der Waals surface area contributed by atoms with Crippen LogP contribution < -0.4 is 4.90 Å². The van der Waals surface area contributed by atoms with Gasteiger partial charge in [0.1, 0.15) is 5.82 Å². The Morgan fingerprint density at radius 2 is 1.48 bits per heavy atom. The molecule has 0 radical (unpaired) electrons. The van der Waals surface area contributed by atoms with E-state index in [1.807, 2.05) is 49.4 Å². The van der Waals surface area contributed by atoms with Crippen LogP contribution in [0.2, 0.25) is 0 Å². The lowest BCUT2D eigenvalue weighted by molar-refractivity contribution is -0.119. The number of para-hydroxylation sites is 1. The summed E-state index contributed by atoms with van der Waals surface area (Å²) in [7, 11) is 0.